The van der Waals surface area contributed by atoms with Crippen molar-refractivity contribution in [3.63, 3.8) is 0 Å². The summed E-state index contributed by atoms with van der Waals surface area (Å²) in [6.07, 6.45) is 2.18. The molecule has 1 saturated carbocycles. The first-order valence-electron chi connectivity index (χ1n) is 6.92. The number of rotatable bonds is 4. The molecule has 124 valence electrons. The van der Waals surface area contributed by atoms with Crippen LogP contribution in [0.3, 0.4) is 0 Å². The van der Waals surface area contributed by atoms with Gasteiger partial charge in [-0.1, -0.05) is 5.46 Å². The van der Waals surface area contributed by atoms with Crippen LogP contribution in [0.15, 0.2) is 18.2 Å². The average molecular weight is 339 g/mol. The topological polar surface area (TPSA) is 43.4 Å². The van der Waals surface area contributed by atoms with E-state index in [1.54, 1.807) is 0 Å². The highest BCUT2D eigenvalue weighted by molar-refractivity contribution is 7.91. The third-order valence-corrected chi connectivity index (χ3v) is 5.44. The Balaban J connectivity index is 2.21. The molecule has 1 aliphatic carbocycles. The Kier molecular flexibility index (Phi) is 4.74. The molecule has 0 aliphatic heterocycles. The van der Waals surface area contributed by atoms with E-state index in [2.05, 4.69) is 0 Å². The molecule has 0 heterocycles. The van der Waals surface area contributed by atoms with Gasteiger partial charge in [0.25, 0.3) is 0 Å². The van der Waals surface area contributed by atoms with Gasteiger partial charge in [-0.15, -0.1) is 0 Å². The second kappa shape index (κ2) is 6.10. The molecule has 1 aliphatic rings. The molecule has 2 rings (SSSR count). The minimum Gasteiger partial charge on any atom is -0.493 e. The Labute approximate surface area is 126 Å². The van der Waals surface area contributed by atoms with Crippen LogP contribution >= 0.6 is 0 Å². The molecule has 0 aromatic heterocycles. The molecule has 9 heteroatoms. The minimum absolute atomic E-state index is 0.153. The maximum atomic E-state index is 13.0. The first-order chi connectivity index (χ1) is 10.1. The second-order valence-corrected chi connectivity index (χ2v) is 7.94. The maximum absolute atomic E-state index is 13.0. The molecule has 0 bridgehead atoms. The Bertz CT molecular complexity index is 645. The van der Waals surface area contributed by atoms with Gasteiger partial charge in [0.05, 0.1) is 17.1 Å². The summed E-state index contributed by atoms with van der Waals surface area (Å²) in [5.41, 5.74) is -1.12. The quantitative estimate of drug-likeness (QED) is 0.626. The third kappa shape index (κ3) is 4.15. The van der Waals surface area contributed by atoms with Gasteiger partial charge >= 0.3 is 6.98 Å². The van der Waals surface area contributed by atoms with Crippen LogP contribution in [0, 0.1) is 5.82 Å². The molecule has 0 saturated heterocycles. The van der Waals surface area contributed by atoms with E-state index < -0.39 is 45.2 Å². The van der Waals surface area contributed by atoms with Gasteiger partial charge in [-0.05, 0) is 37.5 Å². The van der Waals surface area contributed by atoms with Crippen LogP contribution in [0.1, 0.15) is 25.7 Å². The van der Waals surface area contributed by atoms with E-state index in [0.29, 0.717) is 25.3 Å². The first-order valence-corrected chi connectivity index (χ1v) is 8.88. The predicted octanol–water partition coefficient (Wildman–Crippen LogP) is 2.61. The fraction of sp³-hybridized carbons (Fsp3) is 0.538. The van der Waals surface area contributed by atoms with Crippen molar-refractivity contribution in [2.24, 2.45) is 0 Å². The summed E-state index contributed by atoms with van der Waals surface area (Å²) in [5, 5.41) is -0.605. The summed E-state index contributed by atoms with van der Waals surface area (Å²) in [7, 11) is -3.25. The molecular weight excluding hydrogens is 323 g/mol. The van der Waals surface area contributed by atoms with Gasteiger partial charge in [0.2, 0.25) is 0 Å². The van der Waals surface area contributed by atoms with Crippen molar-refractivity contribution in [1.82, 2.24) is 0 Å². The summed E-state index contributed by atoms with van der Waals surface area (Å²) >= 11 is 0. The number of halogens is 4. The lowest BCUT2D eigenvalue weighted by Crippen LogP contribution is -2.39. The zero-order valence-electron chi connectivity index (χ0n) is 11.9. The summed E-state index contributed by atoms with van der Waals surface area (Å²) in [5.74, 6) is -1.42. The molecular formula is C13H16BF4O3S-. The van der Waals surface area contributed by atoms with Crippen LogP contribution in [-0.2, 0) is 9.84 Å². The van der Waals surface area contributed by atoms with E-state index in [4.69, 9.17) is 4.74 Å². The predicted molar refractivity (Wildman–Crippen MR) is 76.6 cm³/mol. The lowest BCUT2D eigenvalue weighted by atomic mass is 9.79. The Hall–Kier alpha value is -1.25. The van der Waals surface area contributed by atoms with Crippen molar-refractivity contribution in [3.05, 3.63) is 24.0 Å². The fourth-order valence-corrected chi connectivity index (χ4v) is 3.82. The highest BCUT2D eigenvalue weighted by atomic mass is 32.2. The molecule has 1 fully saturated rings. The number of hydrogen-bond donors (Lipinski definition) is 0. The van der Waals surface area contributed by atoms with Gasteiger partial charge in [0.15, 0.2) is 0 Å². The smallest absolute Gasteiger partial charge is 0.493 e. The molecule has 0 radical (unpaired) electrons. The summed E-state index contributed by atoms with van der Waals surface area (Å²) in [4.78, 5) is 0. The molecule has 0 N–H and O–H groups in total. The minimum atomic E-state index is -5.41. The van der Waals surface area contributed by atoms with Gasteiger partial charge in [0, 0.05) is 12.7 Å². The highest BCUT2D eigenvalue weighted by Gasteiger charge is 2.33. The average Bonchev–Trinajstić information content (AvgIpc) is 2.39. The standard InChI is InChI=1S/C13H16BF4O3S/c1-22(19,20)11-4-2-3-10(8-11)21-13-6-5-9(15)7-12(13)14(16,17)18/h5-7,10-11H,2-4,8H2,1H3/q-1. The van der Waals surface area contributed by atoms with Crippen LogP contribution in [-0.4, -0.2) is 33.0 Å². The molecule has 0 spiro atoms. The molecule has 1 aromatic carbocycles. The Morgan fingerprint density at radius 1 is 1.23 bits per heavy atom. The Morgan fingerprint density at radius 2 is 1.91 bits per heavy atom. The van der Waals surface area contributed by atoms with Crippen LogP contribution in [0.5, 0.6) is 5.75 Å². The number of ether oxygens (including phenoxy) is 1. The molecule has 1 aromatic rings. The fourth-order valence-electron chi connectivity index (χ4n) is 2.66. The lowest BCUT2D eigenvalue weighted by Gasteiger charge is -2.30. The largest absolute Gasteiger partial charge is 0.513 e. The summed E-state index contributed by atoms with van der Waals surface area (Å²) < 4.78 is 80.5. The van der Waals surface area contributed by atoms with E-state index in [1.807, 2.05) is 0 Å². The Morgan fingerprint density at radius 3 is 2.50 bits per heavy atom. The van der Waals surface area contributed by atoms with Gasteiger partial charge in [-0.3, -0.25) is 0 Å². The van der Waals surface area contributed by atoms with Crippen molar-refractivity contribution in [2.75, 3.05) is 6.26 Å². The second-order valence-electron chi connectivity index (χ2n) is 5.61. The number of benzene rings is 1. The monoisotopic (exact) mass is 339 g/mol. The van der Waals surface area contributed by atoms with Crippen molar-refractivity contribution in [2.45, 2.75) is 37.0 Å². The first kappa shape index (κ1) is 17.1. The van der Waals surface area contributed by atoms with Crippen molar-refractivity contribution < 1.29 is 30.5 Å². The zero-order valence-corrected chi connectivity index (χ0v) is 12.8. The van der Waals surface area contributed by atoms with Crippen molar-refractivity contribution in [3.8, 4) is 5.75 Å². The van der Waals surface area contributed by atoms with Crippen LogP contribution in [0.4, 0.5) is 17.3 Å². The third-order valence-electron chi connectivity index (χ3n) is 3.80. The molecule has 2 unspecified atom stereocenters. The van der Waals surface area contributed by atoms with Gasteiger partial charge in [0.1, 0.15) is 15.7 Å². The van der Waals surface area contributed by atoms with E-state index in [1.165, 1.54) is 0 Å². The summed E-state index contributed by atoms with van der Waals surface area (Å²) in [6.45, 7) is -5.41. The molecule has 22 heavy (non-hydrogen) atoms. The van der Waals surface area contributed by atoms with E-state index in [9.17, 15) is 25.8 Å². The normalized spacial score (nSPS) is 23.3. The highest BCUT2D eigenvalue weighted by Crippen LogP contribution is 2.28. The van der Waals surface area contributed by atoms with Crippen LogP contribution in [0.25, 0.3) is 0 Å². The summed E-state index contributed by atoms with van der Waals surface area (Å²) in [6, 6.07) is 2.26. The van der Waals surface area contributed by atoms with Crippen molar-refractivity contribution >= 4 is 22.3 Å². The molecule has 3 nitrogen and oxygen atoms in total. The van der Waals surface area contributed by atoms with Gasteiger partial charge in [-0.2, -0.15) is 0 Å². The van der Waals surface area contributed by atoms with E-state index in [-0.39, 0.29) is 6.42 Å². The van der Waals surface area contributed by atoms with Gasteiger partial charge < -0.3 is 17.7 Å². The number of hydrogen-bond acceptors (Lipinski definition) is 3. The van der Waals surface area contributed by atoms with E-state index in [0.717, 1.165) is 18.4 Å². The van der Waals surface area contributed by atoms with Crippen molar-refractivity contribution in [1.29, 1.82) is 0 Å². The van der Waals surface area contributed by atoms with Gasteiger partial charge in [-0.25, -0.2) is 12.8 Å². The van der Waals surface area contributed by atoms with Crippen LogP contribution < -0.4 is 10.2 Å². The van der Waals surface area contributed by atoms with E-state index >= 15 is 0 Å². The zero-order chi connectivity index (χ0) is 16.5. The lowest BCUT2D eigenvalue weighted by molar-refractivity contribution is 0.157. The molecule has 2 atom stereocenters. The van der Waals surface area contributed by atoms with Crippen LogP contribution in [0.2, 0.25) is 0 Å². The maximum Gasteiger partial charge on any atom is 0.513 e. The molecule has 0 amide bonds. The SMILES string of the molecule is CS(=O)(=O)C1CCCC(Oc2ccc(F)cc2[B-](F)(F)F)C1. The number of sulfone groups is 1.